The van der Waals surface area contributed by atoms with Gasteiger partial charge in [-0.3, -0.25) is 0 Å². The average molecular weight is 381 g/mol. The van der Waals surface area contributed by atoms with Gasteiger partial charge in [0.05, 0.1) is 13.2 Å². The van der Waals surface area contributed by atoms with Gasteiger partial charge in [-0.2, -0.15) is 0 Å². The molecule has 5 heteroatoms. The zero-order valence-electron chi connectivity index (χ0n) is 13.9. The van der Waals surface area contributed by atoms with Crippen LogP contribution in [-0.2, 0) is 0 Å². The molecule has 0 amide bonds. The molecule has 0 N–H and O–H groups in total. The molecule has 3 rings (SSSR count). The van der Waals surface area contributed by atoms with Crippen LogP contribution in [0.2, 0.25) is 10.0 Å². The van der Waals surface area contributed by atoms with Gasteiger partial charge in [0.15, 0.2) is 11.5 Å². The summed E-state index contributed by atoms with van der Waals surface area (Å²) in [5.41, 5.74) is 1.05. The molecule has 0 atom stereocenters. The van der Waals surface area contributed by atoms with E-state index < -0.39 is 5.82 Å². The number of ether oxygens (including phenoxy) is 2. The van der Waals surface area contributed by atoms with Crippen LogP contribution in [0, 0.1) is 5.82 Å². The molecule has 1 aliphatic rings. The van der Waals surface area contributed by atoms with Gasteiger partial charge in [0, 0.05) is 27.2 Å². The van der Waals surface area contributed by atoms with Crippen molar-refractivity contribution in [3.63, 3.8) is 0 Å². The summed E-state index contributed by atoms with van der Waals surface area (Å²) in [4.78, 5) is 0. The Kier molecular flexibility index (Phi) is 5.87. The summed E-state index contributed by atoms with van der Waals surface area (Å²) >= 11 is 12.3. The fourth-order valence-corrected chi connectivity index (χ4v) is 3.48. The largest absolute Gasteiger partial charge is 0.493 e. The van der Waals surface area contributed by atoms with Gasteiger partial charge in [0.2, 0.25) is 0 Å². The highest BCUT2D eigenvalue weighted by Crippen LogP contribution is 2.35. The number of hydrogen-bond donors (Lipinski definition) is 0. The molecule has 0 aliphatic heterocycles. The van der Waals surface area contributed by atoms with Crippen LogP contribution in [0.25, 0.3) is 12.2 Å². The van der Waals surface area contributed by atoms with E-state index in [2.05, 4.69) is 0 Å². The van der Waals surface area contributed by atoms with E-state index in [9.17, 15) is 4.39 Å². The third-order valence-electron chi connectivity index (χ3n) is 4.31. The van der Waals surface area contributed by atoms with Crippen LogP contribution < -0.4 is 9.47 Å². The minimum atomic E-state index is -0.393. The lowest BCUT2D eigenvalue weighted by molar-refractivity contribution is 0.200. The van der Waals surface area contributed by atoms with Crippen LogP contribution in [-0.4, -0.2) is 13.2 Å². The van der Waals surface area contributed by atoms with Crippen molar-refractivity contribution in [3.05, 3.63) is 57.3 Å². The second kappa shape index (κ2) is 8.11. The first-order valence-electron chi connectivity index (χ1n) is 8.25. The summed E-state index contributed by atoms with van der Waals surface area (Å²) in [5, 5.41) is 1.03. The maximum absolute atomic E-state index is 14.4. The lowest BCUT2D eigenvalue weighted by Gasteiger charge is -2.16. The maximum Gasteiger partial charge on any atom is 0.163 e. The normalized spacial score (nSPS) is 15.0. The van der Waals surface area contributed by atoms with Gasteiger partial charge in [-0.1, -0.05) is 41.4 Å². The van der Waals surface area contributed by atoms with Crippen molar-refractivity contribution >= 4 is 35.4 Å². The number of methoxy groups -OCH3 is 1. The molecule has 1 aliphatic carbocycles. The van der Waals surface area contributed by atoms with Crippen molar-refractivity contribution in [2.75, 3.05) is 7.11 Å². The number of rotatable bonds is 5. The fourth-order valence-electron chi connectivity index (χ4n) is 2.96. The van der Waals surface area contributed by atoms with E-state index in [4.69, 9.17) is 32.7 Å². The van der Waals surface area contributed by atoms with Crippen molar-refractivity contribution < 1.29 is 13.9 Å². The molecule has 2 aromatic rings. The van der Waals surface area contributed by atoms with Gasteiger partial charge < -0.3 is 9.47 Å². The Balaban J connectivity index is 1.91. The van der Waals surface area contributed by atoms with Gasteiger partial charge in [-0.25, -0.2) is 4.39 Å². The summed E-state index contributed by atoms with van der Waals surface area (Å²) in [5.74, 6) is 0.563. The fraction of sp³-hybridized carbons (Fsp3) is 0.300. The standard InChI is InChI=1S/C20H19Cl2FO2/c1-24-19-12-18(23)13(11-20(19)25-14-5-2-3-6-14)9-10-15-16(21)7-4-8-17(15)22/h4,7-12,14H,2-3,5-6H2,1H3. The van der Waals surface area contributed by atoms with E-state index in [0.717, 1.165) is 25.7 Å². The number of benzene rings is 2. The van der Waals surface area contributed by atoms with Gasteiger partial charge in [0.1, 0.15) is 5.82 Å². The van der Waals surface area contributed by atoms with Crippen LogP contribution in [0.15, 0.2) is 30.3 Å². The Labute approximate surface area is 157 Å². The van der Waals surface area contributed by atoms with E-state index >= 15 is 0 Å². The second-order valence-electron chi connectivity index (χ2n) is 6.02. The zero-order valence-corrected chi connectivity index (χ0v) is 15.4. The predicted octanol–water partition coefficient (Wildman–Crippen LogP) is 6.63. The first-order chi connectivity index (χ1) is 12.1. The Morgan fingerprint density at radius 1 is 1.04 bits per heavy atom. The molecule has 0 bridgehead atoms. The molecule has 132 valence electrons. The van der Waals surface area contributed by atoms with E-state index in [-0.39, 0.29) is 6.10 Å². The molecule has 0 spiro atoms. The predicted molar refractivity (Wildman–Crippen MR) is 101 cm³/mol. The molecule has 2 aromatic carbocycles. The van der Waals surface area contributed by atoms with Crippen molar-refractivity contribution in [1.82, 2.24) is 0 Å². The summed E-state index contributed by atoms with van der Waals surface area (Å²) in [7, 11) is 1.51. The lowest BCUT2D eigenvalue weighted by Crippen LogP contribution is -2.11. The number of halogens is 3. The SMILES string of the molecule is COc1cc(F)c(C=Cc2c(Cl)cccc2Cl)cc1OC1CCCC1. The summed E-state index contributed by atoms with van der Waals surface area (Å²) in [6.07, 6.45) is 7.85. The van der Waals surface area contributed by atoms with E-state index in [1.54, 1.807) is 36.4 Å². The van der Waals surface area contributed by atoms with E-state index in [1.807, 2.05) is 0 Å². The van der Waals surface area contributed by atoms with Crippen LogP contribution in [0.4, 0.5) is 4.39 Å². The highest BCUT2D eigenvalue weighted by atomic mass is 35.5. The quantitative estimate of drug-likeness (QED) is 0.541. The van der Waals surface area contributed by atoms with E-state index in [0.29, 0.717) is 32.7 Å². The molecule has 0 unspecified atom stereocenters. The van der Waals surface area contributed by atoms with Crippen molar-refractivity contribution in [1.29, 1.82) is 0 Å². The summed E-state index contributed by atoms with van der Waals surface area (Å²) in [6.45, 7) is 0. The molecular formula is C20H19Cl2FO2. The monoisotopic (exact) mass is 380 g/mol. The molecule has 2 nitrogen and oxygen atoms in total. The Bertz CT molecular complexity index is 763. The molecule has 0 heterocycles. The van der Waals surface area contributed by atoms with Crippen LogP contribution in [0.5, 0.6) is 11.5 Å². The second-order valence-corrected chi connectivity index (χ2v) is 6.83. The first kappa shape index (κ1) is 18.1. The van der Waals surface area contributed by atoms with Crippen LogP contribution in [0.3, 0.4) is 0 Å². The third kappa shape index (κ3) is 4.28. The minimum Gasteiger partial charge on any atom is -0.493 e. The van der Waals surface area contributed by atoms with Gasteiger partial charge in [0.25, 0.3) is 0 Å². The molecule has 0 saturated heterocycles. The number of hydrogen-bond acceptors (Lipinski definition) is 2. The maximum atomic E-state index is 14.4. The van der Waals surface area contributed by atoms with Crippen molar-refractivity contribution in [2.24, 2.45) is 0 Å². The Morgan fingerprint density at radius 3 is 2.36 bits per heavy atom. The van der Waals surface area contributed by atoms with Crippen molar-refractivity contribution in [2.45, 2.75) is 31.8 Å². The van der Waals surface area contributed by atoms with Crippen LogP contribution >= 0.6 is 23.2 Å². The van der Waals surface area contributed by atoms with Gasteiger partial charge >= 0.3 is 0 Å². The minimum absolute atomic E-state index is 0.161. The first-order valence-corrected chi connectivity index (χ1v) is 9.00. The Hall–Kier alpha value is -1.71. The molecule has 0 radical (unpaired) electrons. The average Bonchev–Trinajstić information content (AvgIpc) is 3.09. The molecular weight excluding hydrogens is 362 g/mol. The Morgan fingerprint density at radius 2 is 1.72 bits per heavy atom. The van der Waals surface area contributed by atoms with Gasteiger partial charge in [-0.15, -0.1) is 0 Å². The summed E-state index contributed by atoms with van der Waals surface area (Å²) in [6, 6.07) is 8.26. The van der Waals surface area contributed by atoms with Crippen molar-refractivity contribution in [3.8, 4) is 11.5 Å². The highest BCUT2D eigenvalue weighted by Gasteiger charge is 2.19. The summed E-state index contributed by atoms with van der Waals surface area (Å²) < 4.78 is 25.7. The topological polar surface area (TPSA) is 18.5 Å². The zero-order chi connectivity index (χ0) is 17.8. The van der Waals surface area contributed by atoms with E-state index in [1.165, 1.54) is 13.2 Å². The third-order valence-corrected chi connectivity index (χ3v) is 4.97. The molecule has 25 heavy (non-hydrogen) atoms. The molecule has 1 fully saturated rings. The molecule has 0 aromatic heterocycles. The smallest absolute Gasteiger partial charge is 0.163 e. The van der Waals surface area contributed by atoms with Crippen LogP contribution in [0.1, 0.15) is 36.8 Å². The highest BCUT2D eigenvalue weighted by molar-refractivity contribution is 6.37. The van der Waals surface area contributed by atoms with Gasteiger partial charge in [-0.05, 0) is 43.9 Å². The lowest BCUT2D eigenvalue weighted by atomic mass is 10.1. The molecule has 1 saturated carbocycles.